The van der Waals surface area contributed by atoms with Gasteiger partial charge in [0.1, 0.15) is 11.6 Å². The summed E-state index contributed by atoms with van der Waals surface area (Å²) in [5.74, 6) is 1.71. The summed E-state index contributed by atoms with van der Waals surface area (Å²) in [6, 6.07) is 0.483. The first-order valence-corrected chi connectivity index (χ1v) is 4.91. The SMILES string of the molecule is CCC(C)N(C)c1cncc(NC)n1. The predicted molar refractivity (Wildman–Crippen MR) is 59.7 cm³/mol. The first-order valence-electron chi connectivity index (χ1n) is 4.91. The van der Waals surface area contributed by atoms with Crippen molar-refractivity contribution in [3.8, 4) is 0 Å². The van der Waals surface area contributed by atoms with Gasteiger partial charge in [0.15, 0.2) is 0 Å². The van der Waals surface area contributed by atoms with Gasteiger partial charge in [-0.1, -0.05) is 6.92 Å². The molecule has 1 aromatic rings. The van der Waals surface area contributed by atoms with E-state index in [4.69, 9.17) is 0 Å². The molecule has 0 radical (unpaired) electrons. The summed E-state index contributed by atoms with van der Waals surface area (Å²) in [4.78, 5) is 10.7. The van der Waals surface area contributed by atoms with Gasteiger partial charge in [-0.15, -0.1) is 0 Å². The third-order valence-corrected chi connectivity index (χ3v) is 2.49. The van der Waals surface area contributed by atoms with E-state index in [0.717, 1.165) is 18.1 Å². The Morgan fingerprint density at radius 3 is 2.79 bits per heavy atom. The molecule has 4 nitrogen and oxygen atoms in total. The van der Waals surface area contributed by atoms with Gasteiger partial charge in [-0.2, -0.15) is 0 Å². The van der Waals surface area contributed by atoms with Gasteiger partial charge in [0.2, 0.25) is 0 Å². The fourth-order valence-electron chi connectivity index (χ4n) is 1.15. The molecule has 4 heteroatoms. The van der Waals surface area contributed by atoms with Gasteiger partial charge in [0.05, 0.1) is 12.4 Å². The molecule has 0 saturated carbocycles. The Kier molecular flexibility index (Phi) is 3.68. The molecule has 78 valence electrons. The lowest BCUT2D eigenvalue weighted by Gasteiger charge is -2.24. The Morgan fingerprint density at radius 2 is 2.21 bits per heavy atom. The summed E-state index contributed by atoms with van der Waals surface area (Å²) in [7, 11) is 3.88. The molecule has 1 aromatic heterocycles. The van der Waals surface area contributed by atoms with Crippen LogP contribution in [0.25, 0.3) is 0 Å². The van der Waals surface area contributed by atoms with Gasteiger partial charge in [0, 0.05) is 20.1 Å². The lowest BCUT2D eigenvalue weighted by atomic mass is 10.2. The standard InChI is InChI=1S/C10H18N4/c1-5-8(2)14(4)10-7-12-6-9(11-3)13-10/h6-8H,5H2,1-4H3,(H,11,13). The molecule has 0 saturated heterocycles. The van der Waals surface area contributed by atoms with Gasteiger partial charge in [0.25, 0.3) is 0 Å². The number of rotatable bonds is 4. The van der Waals surface area contributed by atoms with Crippen LogP contribution in [0.1, 0.15) is 20.3 Å². The molecular formula is C10H18N4. The predicted octanol–water partition coefficient (Wildman–Crippen LogP) is 1.75. The van der Waals surface area contributed by atoms with Crippen LogP contribution in [0.3, 0.4) is 0 Å². The van der Waals surface area contributed by atoms with Gasteiger partial charge in [-0.3, -0.25) is 4.98 Å². The van der Waals surface area contributed by atoms with Crippen LogP contribution in [-0.4, -0.2) is 30.1 Å². The van der Waals surface area contributed by atoms with Gasteiger partial charge in [-0.25, -0.2) is 4.98 Å². The summed E-state index contributed by atoms with van der Waals surface area (Å²) in [6.07, 6.45) is 4.60. The Balaban J connectivity index is 2.83. The molecular weight excluding hydrogens is 176 g/mol. The molecule has 1 N–H and O–H groups in total. The van der Waals surface area contributed by atoms with Gasteiger partial charge in [-0.05, 0) is 13.3 Å². The topological polar surface area (TPSA) is 41.1 Å². The van der Waals surface area contributed by atoms with Crippen molar-refractivity contribution in [3.63, 3.8) is 0 Å². The maximum Gasteiger partial charge on any atom is 0.149 e. The van der Waals surface area contributed by atoms with Crippen molar-refractivity contribution in [2.75, 3.05) is 24.3 Å². The van der Waals surface area contributed by atoms with Crippen LogP contribution >= 0.6 is 0 Å². The van der Waals surface area contributed by atoms with Crippen molar-refractivity contribution in [2.45, 2.75) is 26.3 Å². The minimum Gasteiger partial charge on any atom is -0.372 e. The molecule has 0 bridgehead atoms. The van der Waals surface area contributed by atoms with Crippen molar-refractivity contribution >= 4 is 11.6 Å². The fraction of sp³-hybridized carbons (Fsp3) is 0.600. The summed E-state index contributed by atoms with van der Waals surface area (Å²) in [5.41, 5.74) is 0. The lowest BCUT2D eigenvalue weighted by Crippen LogP contribution is -2.29. The van der Waals surface area contributed by atoms with E-state index in [-0.39, 0.29) is 0 Å². The maximum atomic E-state index is 4.41. The van der Waals surface area contributed by atoms with E-state index in [9.17, 15) is 0 Å². The van der Waals surface area contributed by atoms with Crippen LogP contribution in [0.15, 0.2) is 12.4 Å². The first-order chi connectivity index (χ1) is 6.69. The third kappa shape index (κ3) is 2.34. The molecule has 1 unspecified atom stereocenters. The number of aromatic nitrogens is 2. The first kappa shape index (κ1) is 10.8. The largest absolute Gasteiger partial charge is 0.372 e. The van der Waals surface area contributed by atoms with Crippen molar-refractivity contribution in [2.24, 2.45) is 0 Å². The zero-order valence-corrected chi connectivity index (χ0v) is 9.28. The lowest BCUT2D eigenvalue weighted by molar-refractivity contribution is 0.656. The molecule has 1 heterocycles. The fourth-order valence-corrected chi connectivity index (χ4v) is 1.15. The number of nitrogens with one attached hydrogen (secondary N) is 1. The van der Waals surface area contributed by atoms with Crippen LogP contribution in [0.5, 0.6) is 0 Å². The molecule has 0 amide bonds. The van der Waals surface area contributed by atoms with Crippen LogP contribution < -0.4 is 10.2 Å². The van der Waals surface area contributed by atoms with E-state index in [2.05, 4.69) is 34.0 Å². The van der Waals surface area contributed by atoms with Gasteiger partial charge < -0.3 is 10.2 Å². The highest BCUT2D eigenvalue weighted by Crippen LogP contribution is 2.14. The molecule has 0 spiro atoms. The Hall–Kier alpha value is -1.32. The summed E-state index contributed by atoms with van der Waals surface area (Å²) in [6.45, 7) is 4.34. The highest BCUT2D eigenvalue weighted by Gasteiger charge is 2.09. The van der Waals surface area contributed by atoms with Gasteiger partial charge >= 0.3 is 0 Å². The Labute approximate surface area is 85.4 Å². The Morgan fingerprint density at radius 1 is 1.50 bits per heavy atom. The number of hydrogen-bond acceptors (Lipinski definition) is 4. The van der Waals surface area contributed by atoms with Crippen molar-refractivity contribution in [3.05, 3.63) is 12.4 Å². The zero-order chi connectivity index (χ0) is 10.6. The smallest absolute Gasteiger partial charge is 0.149 e. The second-order valence-corrected chi connectivity index (χ2v) is 3.38. The monoisotopic (exact) mass is 194 g/mol. The van der Waals surface area contributed by atoms with Crippen LogP contribution in [0.4, 0.5) is 11.6 Å². The van der Waals surface area contributed by atoms with Crippen molar-refractivity contribution < 1.29 is 0 Å². The number of hydrogen-bond donors (Lipinski definition) is 1. The van der Waals surface area contributed by atoms with E-state index < -0.39 is 0 Å². The molecule has 1 rings (SSSR count). The Bertz CT molecular complexity index is 287. The minimum absolute atomic E-state index is 0.483. The van der Waals surface area contributed by atoms with E-state index in [1.165, 1.54) is 0 Å². The summed E-state index contributed by atoms with van der Waals surface area (Å²) < 4.78 is 0. The molecule has 1 atom stereocenters. The normalized spacial score (nSPS) is 12.3. The second kappa shape index (κ2) is 4.79. The average molecular weight is 194 g/mol. The number of nitrogens with zero attached hydrogens (tertiary/aromatic N) is 3. The third-order valence-electron chi connectivity index (χ3n) is 2.49. The highest BCUT2D eigenvalue weighted by molar-refractivity contribution is 5.43. The van der Waals surface area contributed by atoms with Crippen LogP contribution in [-0.2, 0) is 0 Å². The molecule has 0 aliphatic carbocycles. The second-order valence-electron chi connectivity index (χ2n) is 3.38. The minimum atomic E-state index is 0.483. The quantitative estimate of drug-likeness (QED) is 0.793. The van der Waals surface area contributed by atoms with Crippen molar-refractivity contribution in [1.29, 1.82) is 0 Å². The van der Waals surface area contributed by atoms with E-state index in [0.29, 0.717) is 6.04 Å². The van der Waals surface area contributed by atoms with E-state index in [1.54, 1.807) is 12.4 Å². The molecule has 0 aromatic carbocycles. The molecule has 0 aliphatic rings. The molecule has 14 heavy (non-hydrogen) atoms. The molecule has 0 aliphatic heterocycles. The van der Waals surface area contributed by atoms with Crippen LogP contribution in [0, 0.1) is 0 Å². The maximum absolute atomic E-state index is 4.41. The molecule has 0 fully saturated rings. The van der Waals surface area contributed by atoms with Crippen LogP contribution in [0.2, 0.25) is 0 Å². The van der Waals surface area contributed by atoms with Crippen molar-refractivity contribution in [1.82, 2.24) is 9.97 Å². The average Bonchev–Trinajstić information content (AvgIpc) is 2.27. The number of anilines is 2. The summed E-state index contributed by atoms with van der Waals surface area (Å²) in [5, 5.41) is 2.98. The highest BCUT2D eigenvalue weighted by atomic mass is 15.2. The van der Waals surface area contributed by atoms with E-state index in [1.807, 2.05) is 14.1 Å². The van der Waals surface area contributed by atoms with E-state index >= 15 is 0 Å². The zero-order valence-electron chi connectivity index (χ0n) is 9.28. The summed E-state index contributed by atoms with van der Waals surface area (Å²) >= 11 is 0.